The maximum Gasteiger partial charge on any atom is 0.251 e. The molecule has 1 aromatic heterocycles. The van der Waals surface area contributed by atoms with Crippen LogP contribution < -0.4 is 5.73 Å². The van der Waals surface area contributed by atoms with Gasteiger partial charge < -0.3 is 10.8 Å². The van der Waals surface area contributed by atoms with Gasteiger partial charge in [-0.2, -0.15) is 4.99 Å². The first kappa shape index (κ1) is 13.8. The number of nitrogens with two attached hydrogens (primary N) is 1. The van der Waals surface area contributed by atoms with E-state index in [1.54, 1.807) is 6.07 Å². The molecule has 0 atom stereocenters. The molecule has 0 amide bonds. The molecular weight excluding hydrogens is 232 g/mol. The Morgan fingerprint density at radius 2 is 1.78 bits per heavy atom. The van der Waals surface area contributed by atoms with Crippen LogP contribution >= 0.6 is 0 Å². The third-order valence-electron chi connectivity index (χ3n) is 2.16. The van der Waals surface area contributed by atoms with E-state index in [0.29, 0.717) is 0 Å². The van der Waals surface area contributed by atoms with E-state index in [0.717, 1.165) is 11.4 Å². The lowest BCUT2D eigenvalue weighted by Crippen LogP contribution is -2.21. The van der Waals surface area contributed by atoms with Gasteiger partial charge in [-0.3, -0.25) is 4.79 Å². The number of nitrogens with zero attached hydrogens (tertiary/aromatic N) is 3. The molecular formula is C12H16N4O2. The number of aliphatic hydroxyl groups excluding tert-OH is 1. The van der Waals surface area contributed by atoms with E-state index in [9.17, 15) is 9.90 Å². The fourth-order valence-electron chi connectivity index (χ4n) is 1.54. The maximum atomic E-state index is 11.3. The Labute approximate surface area is 105 Å². The van der Waals surface area contributed by atoms with E-state index in [-0.39, 0.29) is 28.9 Å². The SMILES string of the molecule is CC(=O)C(=C(/C)O)/C(N)=N\c1nc(C)cc(C)n1. The molecule has 1 heterocycles. The van der Waals surface area contributed by atoms with Crippen LogP contribution in [0.5, 0.6) is 0 Å². The molecule has 1 rings (SSSR count). The number of hydrogen-bond acceptors (Lipinski definition) is 5. The molecule has 0 aliphatic rings. The van der Waals surface area contributed by atoms with Crippen LogP contribution in [-0.4, -0.2) is 26.7 Å². The lowest BCUT2D eigenvalue weighted by atomic mass is 10.1. The number of aromatic nitrogens is 2. The van der Waals surface area contributed by atoms with Crippen molar-refractivity contribution in [1.29, 1.82) is 0 Å². The quantitative estimate of drug-likeness (QED) is 0.365. The van der Waals surface area contributed by atoms with Gasteiger partial charge in [-0.15, -0.1) is 0 Å². The van der Waals surface area contributed by atoms with Crippen LogP contribution in [0.2, 0.25) is 0 Å². The predicted molar refractivity (Wildman–Crippen MR) is 68.8 cm³/mol. The van der Waals surface area contributed by atoms with Gasteiger partial charge in [0.25, 0.3) is 5.95 Å². The van der Waals surface area contributed by atoms with Crippen molar-refractivity contribution in [3.05, 3.63) is 28.8 Å². The van der Waals surface area contributed by atoms with E-state index >= 15 is 0 Å². The first-order chi connectivity index (χ1) is 8.31. The summed E-state index contributed by atoms with van der Waals surface area (Å²) in [6, 6.07) is 1.80. The lowest BCUT2D eigenvalue weighted by Gasteiger charge is -2.04. The normalized spacial score (nSPS) is 13.2. The molecule has 0 aliphatic heterocycles. The van der Waals surface area contributed by atoms with Crippen molar-refractivity contribution in [1.82, 2.24) is 9.97 Å². The summed E-state index contributed by atoms with van der Waals surface area (Å²) in [5, 5.41) is 9.40. The number of amidine groups is 1. The van der Waals surface area contributed by atoms with E-state index in [1.807, 2.05) is 13.8 Å². The van der Waals surface area contributed by atoms with E-state index in [4.69, 9.17) is 5.73 Å². The summed E-state index contributed by atoms with van der Waals surface area (Å²) in [6.45, 7) is 6.30. The van der Waals surface area contributed by atoms with Gasteiger partial charge in [0.2, 0.25) is 0 Å². The van der Waals surface area contributed by atoms with Crippen molar-refractivity contribution in [3.63, 3.8) is 0 Å². The Morgan fingerprint density at radius 3 is 2.17 bits per heavy atom. The van der Waals surface area contributed by atoms with Gasteiger partial charge >= 0.3 is 0 Å². The minimum Gasteiger partial charge on any atom is -0.512 e. The molecule has 0 spiro atoms. The number of aryl methyl sites for hydroxylation is 2. The number of rotatable bonds is 3. The molecule has 0 saturated heterocycles. The Balaban J connectivity index is 3.24. The average Bonchev–Trinajstić information content (AvgIpc) is 2.13. The summed E-state index contributed by atoms with van der Waals surface area (Å²) in [6.07, 6.45) is 0. The highest BCUT2D eigenvalue weighted by Crippen LogP contribution is 2.10. The molecule has 0 unspecified atom stereocenters. The van der Waals surface area contributed by atoms with Crippen LogP contribution in [0, 0.1) is 13.8 Å². The number of aliphatic imine (C=N–C) groups is 1. The van der Waals surface area contributed by atoms with Gasteiger partial charge in [0.05, 0.1) is 5.57 Å². The zero-order valence-electron chi connectivity index (χ0n) is 10.9. The van der Waals surface area contributed by atoms with E-state index in [2.05, 4.69) is 15.0 Å². The molecule has 0 aliphatic carbocycles. The molecule has 96 valence electrons. The van der Waals surface area contributed by atoms with Crippen molar-refractivity contribution >= 4 is 17.6 Å². The summed E-state index contributed by atoms with van der Waals surface area (Å²) in [5.41, 5.74) is 7.17. The maximum absolute atomic E-state index is 11.3. The highest BCUT2D eigenvalue weighted by atomic mass is 16.3. The summed E-state index contributed by atoms with van der Waals surface area (Å²) >= 11 is 0. The first-order valence-electron chi connectivity index (χ1n) is 5.39. The van der Waals surface area contributed by atoms with Crippen LogP contribution in [0.4, 0.5) is 5.95 Å². The first-order valence-corrected chi connectivity index (χ1v) is 5.39. The molecule has 0 aromatic carbocycles. The van der Waals surface area contributed by atoms with Crippen molar-refractivity contribution in [2.75, 3.05) is 0 Å². The number of hydrogen-bond donors (Lipinski definition) is 2. The van der Waals surface area contributed by atoms with E-state index in [1.165, 1.54) is 13.8 Å². The third kappa shape index (κ3) is 3.38. The molecule has 0 fully saturated rings. The Hall–Kier alpha value is -2.24. The third-order valence-corrected chi connectivity index (χ3v) is 2.16. The second-order valence-electron chi connectivity index (χ2n) is 3.96. The second kappa shape index (κ2) is 5.39. The summed E-state index contributed by atoms with van der Waals surface area (Å²) in [4.78, 5) is 23.5. The van der Waals surface area contributed by atoms with Gasteiger partial charge in [0.1, 0.15) is 11.6 Å². The number of ketones is 1. The molecule has 0 radical (unpaired) electrons. The van der Waals surface area contributed by atoms with Crippen LogP contribution in [0.1, 0.15) is 25.2 Å². The largest absolute Gasteiger partial charge is 0.512 e. The summed E-state index contributed by atoms with van der Waals surface area (Å²) in [7, 11) is 0. The molecule has 0 saturated carbocycles. The zero-order valence-corrected chi connectivity index (χ0v) is 10.9. The summed E-state index contributed by atoms with van der Waals surface area (Å²) in [5.74, 6) is -0.453. The minimum atomic E-state index is -0.361. The standard InChI is InChI=1S/C12H16N4O2/c1-6-5-7(2)15-12(14-6)16-11(13)10(8(3)17)9(4)18/h5,17H,1-4H3,(H2,13,14,15,16)/b10-8+. The molecule has 1 aromatic rings. The van der Waals surface area contributed by atoms with E-state index < -0.39 is 0 Å². The van der Waals surface area contributed by atoms with Gasteiger partial charge in [0, 0.05) is 11.4 Å². The Kier molecular flexibility index (Phi) is 4.14. The van der Waals surface area contributed by atoms with Crippen LogP contribution in [0.25, 0.3) is 0 Å². The number of Topliss-reactive ketones (excluding diaryl/α,β-unsaturated/α-hetero) is 1. The average molecular weight is 248 g/mol. The monoisotopic (exact) mass is 248 g/mol. The number of carbonyl (C=O) groups is 1. The van der Waals surface area contributed by atoms with Crippen molar-refractivity contribution in [2.45, 2.75) is 27.7 Å². The molecule has 18 heavy (non-hydrogen) atoms. The van der Waals surface area contributed by atoms with Gasteiger partial charge in [-0.1, -0.05) is 0 Å². The fourth-order valence-corrected chi connectivity index (χ4v) is 1.54. The number of allylic oxidation sites excluding steroid dienone is 1. The highest BCUT2D eigenvalue weighted by molar-refractivity contribution is 6.20. The van der Waals surface area contributed by atoms with Crippen LogP contribution in [0.3, 0.4) is 0 Å². The van der Waals surface area contributed by atoms with Crippen molar-refractivity contribution in [3.8, 4) is 0 Å². The number of carbonyl (C=O) groups excluding carboxylic acids is 1. The molecule has 6 nitrogen and oxygen atoms in total. The predicted octanol–water partition coefficient (Wildman–Crippen LogP) is 1.50. The smallest absolute Gasteiger partial charge is 0.251 e. The topological polar surface area (TPSA) is 101 Å². The van der Waals surface area contributed by atoms with Gasteiger partial charge in [-0.25, -0.2) is 9.97 Å². The fraction of sp³-hybridized carbons (Fsp3) is 0.333. The lowest BCUT2D eigenvalue weighted by molar-refractivity contribution is -0.113. The molecule has 6 heteroatoms. The van der Waals surface area contributed by atoms with Crippen molar-refractivity contribution < 1.29 is 9.90 Å². The van der Waals surface area contributed by atoms with Crippen LogP contribution in [-0.2, 0) is 4.79 Å². The second-order valence-corrected chi connectivity index (χ2v) is 3.96. The Bertz CT molecular complexity index is 523. The molecule has 0 bridgehead atoms. The van der Waals surface area contributed by atoms with Crippen LogP contribution in [0.15, 0.2) is 22.4 Å². The van der Waals surface area contributed by atoms with Gasteiger partial charge in [-0.05, 0) is 33.8 Å². The molecule has 3 N–H and O–H groups in total. The summed E-state index contributed by atoms with van der Waals surface area (Å²) < 4.78 is 0. The Morgan fingerprint density at radius 1 is 1.28 bits per heavy atom. The zero-order chi connectivity index (χ0) is 13.9. The van der Waals surface area contributed by atoms with Crippen molar-refractivity contribution in [2.24, 2.45) is 10.7 Å². The number of aliphatic hydroxyl groups is 1. The highest BCUT2D eigenvalue weighted by Gasteiger charge is 2.13. The van der Waals surface area contributed by atoms with Gasteiger partial charge in [0.15, 0.2) is 5.78 Å². The minimum absolute atomic E-state index is 0.0160.